The molecule has 0 atom stereocenters. The zero-order valence-corrected chi connectivity index (χ0v) is 12.5. The first kappa shape index (κ1) is 14.7. The molecule has 106 valence electrons. The van der Waals surface area contributed by atoms with E-state index in [9.17, 15) is 0 Å². The number of hydrogen-bond acceptors (Lipinski definition) is 2. The lowest BCUT2D eigenvalue weighted by molar-refractivity contribution is 0.129. The van der Waals surface area contributed by atoms with E-state index in [-0.39, 0.29) is 0 Å². The van der Waals surface area contributed by atoms with E-state index in [2.05, 4.69) is 6.92 Å². The molecule has 0 radical (unpaired) electrons. The smallest absolute Gasteiger partial charge is 0.123 e. The van der Waals surface area contributed by atoms with Gasteiger partial charge in [-0.1, -0.05) is 24.9 Å². The first-order valence-corrected chi connectivity index (χ1v) is 7.75. The van der Waals surface area contributed by atoms with E-state index in [0.717, 1.165) is 28.7 Å². The molecule has 3 heteroatoms. The van der Waals surface area contributed by atoms with Gasteiger partial charge in [-0.05, 0) is 68.3 Å². The quantitative estimate of drug-likeness (QED) is 0.878. The molecule has 0 aromatic heterocycles. The van der Waals surface area contributed by atoms with Crippen LogP contribution < -0.4 is 10.5 Å². The molecule has 0 bridgehead atoms. The highest BCUT2D eigenvalue weighted by Crippen LogP contribution is 2.31. The first-order valence-electron chi connectivity index (χ1n) is 7.38. The predicted octanol–water partition coefficient (Wildman–Crippen LogP) is 4.19. The normalized spacial score (nSPS) is 23.3. The lowest BCUT2D eigenvalue weighted by Gasteiger charge is -2.29. The van der Waals surface area contributed by atoms with Gasteiger partial charge < -0.3 is 10.5 Å². The maximum absolute atomic E-state index is 6.17. The van der Waals surface area contributed by atoms with E-state index in [1.54, 1.807) is 0 Å². The number of halogens is 1. The molecular formula is C16H24ClNO. The van der Waals surface area contributed by atoms with Gasteiger partial charge in [-0.3, -0.25) is 0 Å². The SMILES string of the molecule is CCC1CCC(Oc2ccc(Cl)cc2CCN)CC1. The zero-order chi connectivity index (χ0) is 13.7. The third-order valence-electron chi connectivity index (χ3n) is 4.10. The molecule has 0 spiro atoms. The first-order chi connectivity index (χ1) is 9.22. The minimum atomic E-state index is 0.362. The van der Waals surface area contributed by atoms with Crippen molar-refractivity contribution in [2.24, 2.45) is 11.7 Å². The van der Waals surface area contributed by atoms with E-state index >= 15 is 0 Å². The molecule has 2 rings (SSSR count). The Labute approximate surface area is 121 Å². The Morgan fingerprint density at radius 1 is 1.26 bits per heavy atom. The predicted molar refractivity (Wildman–Crippen MR) is 80.9 cm³/mol. The second kappa shape index (κ2) is 7.16. The van der Waals surface area contributed by atoms with Gasteiger partial charge in [0.05, 0.1) is 6.10 Å². The molecule has 1 fully saturated rings. The monoisotopic (exact) mass is 281 g/mol. The zero-order valence-electron chi connectivity index (χ0n) is 11.7. The summed E-state index contributed by atoms with van der Waals surface area (Å²) in [6, 6.07) is 5.86. The summed E-state index contributed by atoms with van der Waals surface area (Å²) in [4.78, 5) is 0. The molecule has 1 aromatic carbocycles. The van der Waals surface area contributed by atoms with E-state index in [1.807, 2.05) is 18.2 Å². The van der Waals surface area contributed by atoms with Gasteiger partial charge in [0, 0.05) is 5.02 Å². The van der Waals surface area contributed by atoms with Crippen LogP contribution in [-0.4, -0.2) is 12.6 Å². The van der Waals surface area contributed by atoms with Crippen molar-refractivity contribution in [3.8, 4) is 5.75 Å². The van der Waals surface area contributed by atoms with Crippen molar-refractivity contribution in [2.75, 3.05) is 6.54 Å². The summed E-state index contributed by atoms with van der Waals surface area (Å²) < 4.78 is 6.17. The third kappa shape index (κ3) is 4.12. The van der Waals surface area contributed by atoms with Crippen molar-refractivity contribution >= 4 is 11.6 Å². The summed E-state index contributed by atoms with van der Waals surface area (Å²) in [5.41, 5.74) is 6.78. The summed E-state index contributed by atoms with van der Waals surface area (Å²) >= 11 is 6.04. The van der Waals surface area contributed by atoms with Crippen LogP contribution in [-0.2, 0) is 6.42 Å². The van der Waals surface area contributed by atoms with Gasteiger partial charge >= 0.3 is 0 Å². The van der Waals surface area contributed by atoms with Crippen molar-refractivity contribution < 1.29 is 4.74 Å². The van der Waals surface area contributed by atoms with Crippen molar-refractivity contribution in [3.05, 3.63) is 28.8 Å². The van der Waals surface area contributed by atoms with E-state index in [4.69, 9.17) is 22.1 Å². The van der Waals surface area contributed by atoms with Crippen molar-refractivity contribution in [2.45, 2.75) is 51.6 Å². The molecular weight excluding hydrogens is 258 g/mol. The molecule has 0 heterocycles. The molecule has 1 aliphatic carbocycles. The lowest BCUT2D eigenvalue weighted by atomic mass is 9.86. The van der Waals surface area contributed by atoms with E-state index in [1.165, 1.54) is 32.1 Å². The molecule has 1 aliphatic rings. The molecule has 0 amide bonds. The molecule has 0 aliphatic heterocycles. The Kier molecular flexibility index (Phi) is 5.53. The lowest BCUT2D eigenvalue weighted by Crippen LogP contribution is -2.24. The highest BCUT2D eigenvalue weighted by molar-refractivity contribution is 6.30. The van der Waals surface area contributed by atoms with Gasteiger partial charge in [0.1, 0.15) is 5.75 Å². The van der Waals surface area contributed by atoms with Crippen molar-refractivity contribution in [1.29, 1.82) is 0 Å². The minimum Gasteiger partial charge on any atom is -0.490 e. The second-order valence-corrected chi connectivity index (χ2v) is 5.90. The van der Waals surface area contributed by atoms with Crippen LogP contribution in [0.25, 0.3) is 0 Å². The van der Waals surface area contributed by atoms with Crippen molar-refractivity contribution in [1.82, 2.24) is 0 Å². The fraction of sp³-hybridized carbons (Fsp3) is 0.625. The van der Waals surface area contributed by atoms with Crippen LogP contribution in [0, 0.1) is 5.92 Å². The largest absolute Gasteiger partial charge is 0.490 e. The highest BCUT2D eigenvalue weighted by atomic mass is 35.5. The van der Waals surface area contributed by atoms with Gasteiger partial charge in [-0.15, -0.1) is 0 Å². The van der Waals surface area contributed by atoms with Crippen molar-refractivity contribution in [3.63, 3.8) is 0 Å². The van der Waals surface area contributed by atoms with Crippen LogP contribution in [0.5, 0.6) is 5.75 Å². The molecule has 0 unspecified atom stereocenters. The fourth-order valence-corrected chi connectivity index (χ4v) is 3.05. The fourth-order valence-electron chi connectivity index (χ4n) is 2.85. The van der Waals surface area contributed by atoms with Crippen LogP contribution in [0.3, 0.4) is 0 Å². The Bertz CT molecular complexity index is 400. The van der Waals surface area contributed by atoms with Gasteiger partial charge in [0.2, 0.25) is 0 Å². The van der Waals surface area contributed by atoms with Crippen LogP contribution >= 0.6 is 11.6 Å². The van der Waals surface area contributed by atoms with Gasteiger partial charge in [-0.2, -0.15) is 0 Å². The number of rotatable bonds is 5. The summed E-state index contributed by atoms with van der Waals surface area (Å²) in [7, 11) is 0. The van der Waals surface area contributed by atoms with Gasteiger partial charge in [0.25, 0.3) is 0 Å². The van der Waals surface area contributed by atoms with Crippen LogP contribution in [0.1, 0.15) is 44.6 Å². The second-order valence-electron chi connectivity index (χ2n) is 5.46. The number of ether oxygens (including phenoxy) is 1. The molecule has 19 heavy (non-hydrogen) atoms. The molecule has 2 nitrogen and oxygen atoms in total. The maximum atomic E-state index is 6.17. The summed E-state index contributed by atoms with van der Waals surface area (Å²) in [6.45, 7) is 2.91. The standard InChI is InChI=1S/C16H24ClNO/c1-2-12-3-6-15(7-4-12)19-16-8-5-14(17)11-13(16)9-10-18/h5,8,11-12,15H,2-4,6-7,9-10,18H2,1H3. The third-order valence-corrected chi connectivity index (χ3v) is 4.34. The molecule has 1 saturated carbocycles. The molecule has 0 saturated heterocycles. The minimum absolute atomic E-state index is 0.362. The summed E-state index contributed by atoms with van der Waals surface area (Å²) in [5.74, 6) is 1.86. The van der Waals surface area contributed by atoms with Crippen LogP contribution in [0.2, 0.25) is 5.02 Å². The highest BCUT2D eigenvalue weighted by Gasteiger charge is 2.21. The average Bonchev–Trinajstić information content (AvgIpc) is 2.43. The van der Waals surface area contributed by atoms with Gasteiger partial charge in [-0.25, -0.2) is 0 Å². The summed E-state index contributed by atoms with van der Waals surface area (Å²) in [5, 5.41) is 0.755. The van der Waals surface area contributed by atoms with Crippen LogP contribution in [0.4, 0.5) is 0 Å². The Morgan fingerprint density at radius 2 is 2.00 bits per heavy atom. The maximum Gasteiger partial charge on any atom is 0.123 e. The number of hydrogen-bond donors (Lipinski definition) is 1. The van der Waals surface area contributed by atoms with Gasteiger partial charge in [0.15, 0.2) is 0 Å². The number of benzene rings is 1. The van der Waals surface area contributed by atoms with Crippen LogP contribution in [0.15, 0.2) is 18.2 Å². The summed E-state index contributed by atoms with van der Waals surface area (Å²) in [6.07, 6.45) is 7.40. The molecule has 1 aromatic rings. The molecule has 2 N–H and O–H groups in total. The Hall–Kier alpha value is -0.730. The number of nitrogens with two attached hydrogens (primary N) is 1. The Morgan fingerprint density at radius 3 is 2.63 bits per heavy atom. The topological polar surface area (TPSA) is 35.2 Å². The van der Waals surface area contributed by atoms with E-state index < -0.39 is 0 Å². The Balaban J connectivity index is 1.99. The van der Waals surface area contributed by atoms with E-state index in [0.29, 0.717) is 12.6 Å². The average molecular weight is 282 g/mol.